The summed E-state index contributed by atoms with van der Waals surface area (Å²) in [7, 11) is -3.97. The number of carbonyl (C=O) groups is 1. The van der Waals surface area contributed by atoms with Gasteiger partial charge < -0.3 is 9.84 Å². The molecular weight excluding hydrogens is 500 g/mol. The fraction of sp³-hybridized carbons (Fsp3) is 0.259. The Hall–Kier alpha value is -3.36. The molecular formula is C27H29ClN2O5S. The molecule has 3 rings (SSSR count). The number of benzene rings is 2. The van der Waals surface area contributed by atoms with Crippen LogP contribution in [0.15, 0.2) is 65.8 Å². The van der Waals surface area contributed by atoms with Crippen LogP contribution < -0.4 is 9.04 Å². The Kier molecular flexibility index (Phi) is 8.76. The molecule has 0 aliphatic heterocycles. The predicted molar refractivity (Wildman–Crippen MR) is 142 cm³/mol. The zero-order valence-electron chi connectivity index (χ0n) is 20.6. The van der Waals surface area contributed by atoms with Crippen molar-refractivity contribution in [2.45, 2.75) is 39.3 Å². The van der Waals surface area contributed by atoms with E-state index in [-0.39, 0.29) is 24.1 Å². The molecule has 0 aliphatic rings. The lowest BCUT2D eigenvalue weighted by atomic mass is 10.1. The Morgan fingerprint density at radius 1 is 1.14 bits per heavy atom. The Morgan fingerprint density at radius 2 is 1.89 bits per heavy atom. The normalized spacial score (nSPS) is 11.7. The minimum Gasteiger partial charge on any atom is -0.487 e. The highest BCUT2D eigenvalue weighted by Crippen LogP contribution is 2.37. The molecule has 0 saturated carbocycles. The van der Waals surface area contributed by atoms with Crippen LogP contribution in [0.25, 0.3) is 6.08 Å². The molecule has 1 heterocycles. The van der Waals surface area contributed by atoms with Gasteiger partial charge >= 0.3 is 5.97 Å². The maximum Gasteiger partial charge on any atom is 0.328 e. The lowest BCUT2D eigenvalue weighted by Gasteiger charge is -2.28. The average Bonchev–Trinajstić information content (AvgIpc) is 2.83. The first kappa shape index (κ1) is 27.2. The summed E-state index contributed by atoms with van der Waals surface area (Å²) in [6.07, 6.45) is 4.05. The van der Waals surface area contributed by atoms with E-state index in [2.05, 4.69) is 4.98 Å². The average molecular weight is 529 g/mol. The summed E-state index contributed by atoms with van der Waals surface area (Å²) in [6.45, 7) is 7.97. The van der Waals surface area contributed by atoms with Crippen LogP contribution >= 0.6 is 11.6 Å². The topological polar surface area (TPSA) is 96.8 Å². The van der Waals surface area contributed by atoms with Crippen molar-refractivity contribution < 1.29 is 23.1 Å². The highest BCUT2D eigenvalue weighted by molar-refractivity contribution is 7.92. The summed E-state index contributed by atoms with van der Waals surface area (Å²) in [5.74, 6) is -0.656. The number of hydrogen-bond donors (Lipinski definition) is 1. The van der Waals surface area contributed by atoms with Crippen molar-refractivity contribution in [3.05, 3.63) is 88.1 Å². The van der Waals surface area contributed by atoms with Gasteiger partial charge in [-0.15, -0.1) is 0 Å². The van der Waals surface area contributed by atoms with Crippen molar-refractivity contribution in [3.8, 4) is 5.75 Å². The highest BCUT2D eigenvalue weighted by atomic mass is 35.5. The van der Waals surface area contributed by atoms with Crippen molar-refractivity contribution in [1.82, 2.24) is 4.98 Å². The summed E-state index contributed by atoms with van der Waals surface area (Å²) in [5.41, 5.74) is 3.63. The molecule has 9 heteroatoms. The second-order valence-corrected chi connectivity index (χ2v) is 11.0. The molecule has 190 valence electrons. The standard InChI is InChI=1S/C27H29ClN2O5S/c1-18(2)16-30(36(33,34)26-7-5-6-12-29-26)24-14-20(4)23(28)15-25(24)35-17-22-10-8-21(13-19(22)3)9-11-27(31)32/h5-15,18H,16-17H2,1-4H3,(H,31,32)/b11-9+. The lowest BCUT2D eigenvalue weighted by molar-refractivity contribution is -0.131. The lowest BCUT2D eigenvalue weighted by Crippen LogP contribution is -2.35. The zero-order valence-corrected chi connectivity index (χ0v) is 22.2. The Labute approximate surface area is 217 Å². The van der Waals surface area contributed by atoms with E-state index >= 15 is 0 Å². The molecule has 0 saturated heterocycles. The maximum absolute atomic E-state index is 13.6. The van der Waals surface area contributed by atoms with Crippen molar-refractivity contribution in [2.75, 3.05) is 10.8 Å². The van der Waals surface area contributed by atoms with Crippen LogP contribution in [0.2, 0.25) is 5.02 Å². The molecule has 0 aliphatic carbocycles. The van der Waals surface area contributed by atoms with Gasteiger partial charge in [0, 0.05) is 29.9 Å². The van der Waals surface area contributed by atoms with E-state index in [0.29, 0.717) is 16.5 Å². The van der Waals surface area contributed by atoms with Crippen molar-refractivity contribution >= 4 is 39.4 Å². The molecule has 1 aromatic heterocycles. The van der Waals surface area contributed by atoms with E-state index in [0.717, 1.165) is 28.3 Å². The zero-order chi connectivity index (χ0) is 26.5. The largest absolute Gasteiger partial charge is 0.487 e. The van der Waals surface area contributed by atoms with Gasteiger partial charge in [-0.2, -0.15) is 8.42 Å². The number of rotatable bonds is 10. The second-order valence-electron chi connectivity index (χ2n) is 8.81. The van der Waals surface area contributed by atoms with Crippen LogP contribution in [0.3, 0.4) is 0 Å². The smallest absolute Gasteiger partial charge is 0.328 e. The van der Waals surface area contributed by atoms with Gasteiger partial charge in [-0.05, 0) is 66.3 Å². The molecule has 0 atom stereocenters. The van der Waals surface area contributed by atoms with E-state index in [1.165, 1.54) is 22.6 Å². The number of carboxylic acids is 1. The number of carboxylic acid groups (broad SMARTS) is 1. The van der Waals surface area contributed by atoms with Gasteiger partial charge in [0.2, 0.25) is 0 Å². The number of aromatic nitrogens is 1. The molecule has 0 spiro atoms. The van der Waals surface area contributed by atoms with Crippen LogP contribution in [-0.2, 0) is 21.4 Å². The van der Waals surface area contributed by atoms with Crippen LogP contribution in [0, 0.1) is 19.8 Å². The number of aliphatic carboxylic acids is 1. The molecule has 0 amide bonds. The van der Waals surface area contributed by atoms with Gasteiger partial charge in [-0.1, -0.05) is 49.7 Å². The summed E-state index contributed by atoms with van der Waals surface area (Å²) >= 11 is 6.41. The summed E-state index contributed by atoms with van der Waals surface area (Å²) in [4.78, 5) is 14.9. The summed E-state index contributed by atoms with van der Waals surface area (Å²) in [5, 5.41) is 9.24. The number of aryl methyl sites for hydroxylation is 2. The Bertz CT molecular complexity index is 1370. The summed E-state index contributed by atoms with van der Waals surface area (Å²) in [6, 6.07) is 13.6. The number of nitrogens with zero attached hydrogens (tertiary/aromatic N) is 2. The quantitative estimate of drug-likeness (QED) is 0.330. The van der Waals surface area contributed by atoms with Crippen LogP contribution in [-0.4, -0.2) is 31.0 Å². The van der Waals surface area contributed by atoms with E-state index < -0.39 is 16.0 Å². The number of sulfonamides is 1. The van der Waals surface area contributed by atoms with Gasteiger partial charge in [0.15, 0.2) is 5.03 Å². The molecule has 0 bridgehead atoms. The first-order chi connectivity index (χ1) is 17.0. The molecule has 0 unspecified atom stereocenters. The van der Waals surface area contributed by atoms with Gasteiger partial charge in [0.05, 0.1) is 5.69 Å². The number of hydrogen-bond acceptors (Lipinski definition) is 5. The third-order valence-electron chi connectivity index (χ3n) is 5.40. The number of anilines is 1. The predicted octanol–water partition coefficient (Wildman–Crippen LogP) is 5.88. The first-order valence-corrected chi connectivity index (χ1v) is 13.2. The van der Waals surface area contributed by atoms with E-state index in [1.54, 1.807) is 30.3 Å². The Balaban J connectivity index is 2.00. The molecule has 1 N–H and O–H groups in total. The van der Waals surface area contributed by atoms with Gasteiger partial charge in [0.1, 0.15) is 12.4 Å². The third-order valence-corrected chi connectivity index (χ3v) is 7.50. The minimum atomic E-state index is -3.97. The van der Waals surface area contributed by atoms with E-state index in [9.17, 15) is 13.2 Å². The highest BCUT2D eigenvalue weighted by Gasteiger charge is 2.30. The van der Waals surface area contributed by atoms with Gasteiger partial charge in [-0.25, -0.2) is 9.78 Å². The first-order valence-electron chi connectivity index (χ1n) is 11.4. The van der Waals surface area contributed by atoms with Gasteiger partial charge in [-0.3, -0.25) is 4.31 Å². The fourth-order valence-electron chi connectivity index (χ4n) is 3.54. The number of ether oxygens (including phenoxy) is 1. The molecule has 36 heavy (non-hydrogen) atoms. The van der Waals surface area contributed by atoms with Crippen molar-refractivity contribution in [1.29, 1.82) is 0 Å². The van der Waals surface area contributed by atoms with E-state index in [1.807, 2.05) is 39.8 Å². The Morgan fingerprint density at radius 3 is 2.50 bits per heavy atom. The molecule has 7 nitrogen and oxygen atoms in total. The van der Waals surface area contributed by atoms with Gasteiger partial charge in [0.25, 0.3) is 10.0 Å². The molecule has 0 fully saturated rings. The van der Waals surface area contributed by atoms with Crippen molar-refractivity contribution in [2.24, 2.45) is 5.92 Å². The van der Waals surface area contributed by atoms with Crippen LogP contribution in [0.1, 0.15) is 36.1 Å². The third kappa shape index (κ3) is 6.65. The number of pyridine rings is 1. The number of halogens is 1. The van der Waals surface area contributed by atoms with Crippen LogP contribution in [0.4, 0.5) is 5.69 Å². The molecule has 2 aromatic carbocycles. The SMILES string of the molecule is Cc1cc(N(CC(C)C)S(=O)(=O)c2ccccn2)c(OCc2ccc(/C=C/C(=O)O)cc2C)cc1Cl. The molecule has 0 radical (unpaired) electrons. The maximum atomic E-state index is 13.6. The monoisotopic (exact) mass is 528 g/mol. The second kappa shape index (κ2) is 11.6. The fourth-order valence-corrected chi connectivity index (χ4v) is 5.26. The molecule has 3 aromatic rings. The van der Waals surface area contributed by atoms with Crippen LogP contribution in [0.5, 0.6) is 5.75 Å². The minimum absolute atomic E-state index is 0.0287. The summed E-state index contributed by atoms with van der Waals surface area (Å²) < 4.78 is 34.7. The van der Waals surface area contributed by atoms with E-state index in [4.69, 9.17) is 21.4 Å². The van der Waals surface area contributed by atoms with Crippen molar-refractivity contribution in [3.63, 3.8) is 0 Å².